The predicted octanol–water partition coefficient (Wildman–Crippen LogP) is 3.24. The largest absolute Gasteiger partial charge is 0.305 e. The van der Waals surface area contributed by atoms with Crippen molar-refractivity contribution in [1.29, 1.82) is 0 Å². The van der Waals surface area contributed by atoms with Crippen molar-refractivity contribution in [3.8, 4) is 16.4 Å². The number of nitrogens with one attached hydrogen (secondary N) is 1. The summed E-state index contributed by atoms with van der Waals surface area (Å²) in [7, 11) is -2.77. The van der Waals surface area contributed by atoms with Crippen LogP contribution in [-0.4, -0.2) is 40.4 Å². The summed E-state index contributed by atoms with van der Waals surface area (Å²) in [5.41, 5.74) is 1.25. The summed E-state index contributed by atoms with van der Waals surface area (Å²) in [4.78, 5) is 17.7. The second-order valence-electron chi connectivity index (χ2n) is 6.80. The fourth-order valence-corrected chi connectivity index (χ4v) is 4.40. The Labute approximate surface area is 188 Å². The van der Waals surface area contributed by atoms with E-state index in [1.54, 1.807) is 30.3 Å². The van der Waals surface area contributed by atoms with Crippen LogP contribution in [0.5, 0.6) is 0 Å². The van der Waals surface area contributed by atoms with E-state index in [1.807, 2.05) is 22.2 Å². The molecule has 0 atom stereocenters. The quantitative estimate of drug-likeness (QED) is 0.446. The molecule has 11 heteroatoms. The lowest BCUT2D eigenvalue weighted by Gasteiger charge is -2.17. The van der Waals surface area contributed by atoms with Crippen molar-refractivity contribution in [2.45, 2.75) is 6.54 Å². The first-order chi connectivity index (χ1) is 15.3. The molecule has 4 rings (SSSR count). The van der Waals surface area contributed by atoms with Crippen LogP contribution in [0.2, 0.25) is 0 Å². The number of rotatable bonds is 7. The topological polar surface area (TPSA) is 97.2 Å². The molecule has 1 N–H and O–H groups in total. The molecule has 0 saturated carbocycles. The van der Waals surface area contributed by atoms with Gasteiger partial charge in [0, 0.05) is 13.6 Å². The first kappa shape index (κ1) is 21.8. The van der Waals surface area contributed by atoms with Crippen molar-refractivity contribution in [3.05, 3.63) is 89.3 Å². The minimum absolute atomic E-state index is 0.0847. The molecule has 0 aliphatic heterocycles. The van der Waals surface area contributed by atoms with Crippen LogP contribution in [0.3, 0.4) is 0 Å². The maximum atomic E-state index is 13.3. The summed E-state index contributed by atoms with van der Waals surface area (Å²) in [6.45, 7) is 0.0847. The fraction of sp³-hybridized carbons (Fsp3) is 0.0952. The number of carbonyl (C=O) groups excluding carboxylic acids is 1. The number of nitrogens with zero attached hydrogens (tertiary/aromatic N) is 4. The van der Waals surface area contributed by atoms with E-state index in [-0.39, 0.29) is 12.4 Å². The monoisotopic (exact) mass is 471 g/mol. The molecule has 2 aromatic carbocycles. The van der Waals surface area contributed by atoms with Crippen LogP contribution in [0.4, 0.5) is 4.39 Å². The highest BCUT2D eigenvalue weighted by molar-refractivity contribution is 7.87. The Hall–Kier alpha value is -3.41. The zero-order valence-corrected chi connectivity index (χ0v) is 18.5. The molecule has 0 aliphatic rings. The summed E-state index contributed by atoms with van der Waals surface area (Å²) < 4.78 is 43.0. The third kappa shape index (κ3) is 4.74. The fourth-order valence-electron chi connectivity index (χ4n) is 2.90. The van der Waals surface area contributed by atoms with Gasteiger partial charge in [-0.05, 0) is 41.3 Å². The van der Waals surface area contributed by atoms with Gasteiger partial charge >= 0.3 is 16.1 Å². The molecule has 32 heavy (non-hydrogen) atoms. The Bertz CT molecular complexity index is 1320. The molecule has 2 aromatic heterocycles. The van der Waals surface area contributed by atoms with Gasteiger partial charge in [0.15, 0.2) is 5.82 Å². The molecular formula is C21H18FN5O3S2. The van der Waals surface area contributed by atoms with Gasteiger partial charge in [-0.3, -0.25) is 4.79 Å². The molecule has 0 spiro atoms. The summed E-state index contributed by atoms with van der Waals surface area (Å²) in [6, 6.07) is 18.1. The number of aromatic nitrogens is 3. The molecule has 0 unspecified atom stereocenters. The van der Waals surface area contributed by atoms with Crippen LogP contribution in [0.25, 0.3) is 16.4 Å². The molecule has 0 aliphatic carbocycles. The van der Waals surface area contributed by atoms with E-state index in [0.29, 0.717) is 16.4 Å². The van der Waals surface area contributed by atoms with E-state index in [4.69, 9.17) is 0 Å². The van der Waals surface area contributed by atoms with Crippen LogP contribution in [0, 0.1) is 5.82 Å². The van der Waals surface area contributed by atoms with Crippen molar-refractivity contribution >= 4 is 27.5 Å². The Morgan fingerprint density at radius 2 is 1.81 bits per heavy atom. The summed E-state index contributed by atoms with van der Waals surface area (Å²) >= 11 is 1.38. The van der Waals surface area contributed by atoms with E-state index in [2.05, 4.69) is 10.1 Å². The molecule has 0 saturated heterocycles. The minimum atomic E-state index is -4.14. The zero-order chi connectivity index (χ0) is 22.7. The van der Waals surface area contributed by atoms with Gasteiger partial charge in [0.1, 0.15) is 5.82 Å². The zero-order valence-electron chi connectivity index (χ0n) is 16.8. The van der Waals surface area contributed by atoms with Crippen LogP contribution in [0.15, 0.2) is 72.1 Å². The molecule has 4 aromatic rings. The average molecular weight is 472 g/mol. The van der Waals surface area contributed by atoms with Gasteiger partial charge in [0.2, 0.25) is 5.82 Å². The molecule has 164 valence electrons. The van der Waals surface area contributed by atoms with Gasteiger partial charge in [-0.1, -0.05) is 36.4 Å². The van der Waals surface area contributed by atoms with Crippen LogP contribution >= 0.6 is 11.3 Å². The molecule has 0 fully saturated rings. The Morgan fingerprint density at radius 1 is 1.09 bits per heavy atom. The van der Waals surface area contributed by atoms with Gasteiger partial charge < -0.3 is 0 Å². The Morgan fingerprint density at radius 3 is 2.47 bits per heavy atom. The van der Waals surface area contributed by atoms with Crippen LogP contribution in [0.1, 0.15) is 16.2 Å². The lowest BCUT2D eigenvalue weighted by Crippen LogP contribution is -2.41. The maximum Gasteiger partial charge on any atom is 0.305 e. The third-order valence-corrected chi connectivity index (χ3v) is 6.76. The van der Waals surface area contributed by atoms with Gasteiger partial charge in [-0.25, -0.2) is 18.8 Å². The van der Waals surface area contributed by atoms with Crippen LogP contribution in [-0.2, 0) is 16.8 Å². The van der Waals surface area contributed by atoms with Crippen molar-refractivity contribution in [1.82, 2.24) is 23.8 Å². The molecule has 1 amide bonds. The van der Waals surface area contributed by atoms with Gasteiger partial charge in [-0.15, -0.1) is 16.4 Å². The van der Waals surface area contributed by atoms with Crippen molar-refractivity contribution in [3.63, 3.8) is 0 Å². The highest BCUT2D eigenvalue weighted by Crippen LogP contribution is 2.25. The lowest BCUT2D eigenvalue weighted by atomic mass is 10.2. The summed E-state index contributed by atoms with van der Waals surface area (Å²) in [6.07, 6.45) is 0. The normalized spacial score (nSPS) is 11.6. The van der Waals surface area contributed by atoms with Crippen molar-refractivity contribution in [2.75, 3.05) is 7.05 Å². The number of halogens is 1. The van der Waals surface area contributed by atoms with Gasteiger partial charge in [-0.2, -0.15) is 12.7 Å². The Kier molecular flexibility index (Phi) is 6.12. The SMILES string of the molecule is CN(Cc1ccccc1)S(=O)(=O)NC(=O)c1nc(-c2cccs2)n(-c2ccc(F)cc2)n1. The lowest BCUT2D eigenvalue weighted by molar-refractivity contribution is 0.0969. The van der Waals surface area contributed by atoms with E-state index in [1.165, 1.54) is 47.3 Å². The predicted molar refractivity (Wildman–Crippen MR) is 119 cm³/mol. The maximum absolute atomic E-state index is 13.3. The van der Waals surface area contributed by atoms with Crippen LogP contribution < -0.4 is 4.72 Å². The number of hydrogen-bond donors (Lipinski definition) is 1. The third-order valence-electron chi connectivity index (χ3n) is 4.50. The van der Waals surface area contributed by atoms with E-state index in [9.17, 15) is 17.6 Å². The molecule has 0 bridgehead atoms. The first-order valence-electron chi connectivity index (χ1n) is 9.43. The number of carbonyl (C=O) groups is 1. The highest BCUT2D eigenvalue weighted by Gasteiger charge is 2.26. The summed E-state index contributed by atoms with van der Waals surface area (Å²) in [5.74, 6) is -1.37. The molecule has 8 nitrogen and oxygen atoms in total. The Balaban J connectivity index is 1.61. The number of hydrogen-bond acceptors (Lipinski definition) is 6. The smallest absolute Gasteiger partial charge is 0.264 e. The van der Waals surface area contributed by atoms with E-state index >= 15 is 0 Å². The van der Waals surface area contributed by atoms with Gasteiger partial charge in [0.25, 0.3) is 0 Å². The average Bonchev–Trinajstić information content (AvgIpc) is 3.45. The molecule has 0 radical (unpaired) electrons. The van der Waals surface area contributed by atoms with Crippen molar-refractivity contribution in [2.24, 2.45) is 0 Å². The standard InChI is InChI=1S/C21H18FN5O3S2/c1-26(14-15-6-3-2-4-7-15)32(29,30)25-21(28)19-23-20(18-8-5-13-31-18)27(24-19)17-11-9-16(22)10-12-17/h2-13H,14H2,1H3,(H,25,28). The highest BCUT2D eigenvalue weighted by atomic mass is 32.2. The molecule has 2 heterocycles. The molecular weight excluding hydrogens is 453 g/mol. The number of benzene rings is 2. The second-order valence-corrected chi connectivity index (χ2v) is 9.53. The number of amides is 1. The summed E-state index contributed by atoms with van der Waals surface area (Å²) in [5, 5.41) is 6.02. The minimum Gasteiger partial charge on any atom is -0.264 e. The van der Waals surface area contributed by atoms with Crippen molar-refractivity contribution < 1.29 is 17.6 Å². The first-order valence-corrected chi connectivity index (χ1v) is 11.7. The van der Waals surface area contributed by atoms with E-state index in [0.717, 1.165) is 9.87 Å². The van der Waals surface area contributed by atoms with E-state index < -0.39 is 21.9 Å². The second kappa shape index (κ2) is 8.99. The van der Waals surface area contributed by atoms with Gasteiger partial charge in [0.05, 0.1) is 10.6 Å². The number of thiophene rings is 1.